The molecule has 0 aromatic heterocycles. The number of carbonyl (C=O) groups is 2. The number of fused-ring (bicyclic) bond motifs is 2. The SMILES string of the molecule is C=CCO[C@@]12Oc3ccc(OC(=O)NCc4ccccc4)cc3[C@H]3[C@H](CCCCO)[C@@H](CCCCO)C=C(C(=NOCc4ccccc4)C[C@@H]1N(CCOCCO)C(=O)OCCCCCCCCCCCC)[C@H]32. The molecule has 1 heterocycles. The zero-order chi connectivity index (χ0) is 51.5. The molecule has 14 nitrogen and oxygen atoms in total. The Bertz CT molecular complexity index is 2160. The lowest BCUT2D eigenvalue weighted by atomic mass is 9.55. The Morgan fingerprint density at radius 2 is 1.49 bits per heavy atom. The topological polar surface area (TPSA) is 178 Å². The minimum atomic E-state index is -1.54. The van der Waals surface area contributed by atoms with Gasteiger partial charge in [-0.3, -0.25) is 4.90 Å². The molecule has 0 radical (unpaired) electrons. The summed E-state index contributed by atoms with van der Waals surface area (Å²) in [7, 11) is 0. The van der Waals surface area contributed by atoms with Gasteiger partial charge in [-0.1, -0.05) is 156 Å². The summed E-state index contributed by atoms with van der Waals surface area (Å²) in [5, 5.41) is 37.6. The third-order valence-corrected chi connectivity index (χ3v) is 14.4. The van der Waals surface area contributed by atoms with E-state index in [-0.39, 0.29) is 90.1 Å². The van der Waals surface area contributed by atoms with Crippen LogP contribution in [0.15, 0.2) is 108 Å². The van der Waals surface area contributed by atoms with Crippen LogP contribution in [-0.4, -0.2) is 103 Å². The maximum absolute atomic E-state index is 14.9. The van der Waals surface area contributed by atoms with Crippen molar-refractivity contribution in [1.29, 1.82) is 0 Å². The van der Waals surface area contributed by atoms with Gasteiger partial charge in [-0.15, -0.1) is 6.58 Å². The van der Waals surface area contributed by atoms with Gasteiger partial charge in [0, 0.05) is 44.2 Å². The number of carbonyl (C=O) groups excluding carboxylic acids is 2. The monoisotopic (exact) mass is 1010 g/mol. The number of oxime groups is 1. The Kier molecular flexibility index (Phi) is 24.6. The summed E-state index contributed by atoms with van der Waals surface area (Å²) in [6, 6.07) is 24.0. The predicted octanol–water partition coefficient (Wildman–Crippen LogP) is 11.2. The highest BCUT2D eigenvalue weighted by atomic mass is 16.7. The number of unbranched alkanes of at least 4 members (excludes halogenated alkanes) is 11. The molecule has 400 valence electrons. The average Bonchev–Trinajstić information content (AvgIpc) is 3.41. The van der Waals surface area contributed by atoms with Crippen LogP contribution < -0.4 is 14.8 Å². The molecule has 14 heteroatoms. The lowest BCUT2D eigenvalue weighted by molar-refractivity contribution is -0.256. The molecule has 1 fully saturated rings. The molecule has 6 atom stereocenters. The number of nitrogens with zero attached hydrogens (tertiary/aromatic N) is 2. The molecule has 0 unspecified atom stereocenters. The number of allylic oxidation sites excluding steroid dienone is 1. The molecule has 2 amide bonds. The number of benzene rings is 3. The fourth-order valence-electron chi connectivity index (χ4n) is 10.9. The van der Waals surface area contributed by atoms with Crippen LogP contribution in [0, 0.1) is 17.8 Å². The third kappa shape index (κ3) is 16.6. The Hall–Kier alpha value is -5.25. The standard InChI is InChI=1S/C59H83N3O11/c1-3-5-6-7-8-9-10-11-12-23-37-69-58(67)62(32-38-68-39-35-65)54-42-52(61-71-44-46-26-17-14-18-27-46)50-40-47(28-19-21-33-63)49(29-20-22-34-64)55-51-41-48(72-57(66)60-43-45-24-15-13-16-25-45)30-31-53(51)73-59(54,56(50)55)70-36-4-2/h4,13-18,24-27,30-31,40-41,47,49,54-56,63-65H,2-3,5-12,19-23,28-29,32-39,42-44H2,1H3,(H,60,66)/t47-,49+,54-,55+,56+,59+/m0/s1. The van der Waals surface area contributed by atoms with Crippen molar-refractivity contribution in [2.75, 3.05) is 52.8 Å². The molecule has 3 aromatic carbocycles. The van der Waals surface area contributed by atoms with E-state index in [1.54, 1.807) is 17.0 Å². The van der Waals surface area contributed by atoms with E-state index in [9.17, 15) is 24.9 Å². The van der Waals surface area contributed by atoms with Crippen LogP contribution in [0.1, 0.15) is 139 Å². The number of amides is 2. The van der Waals surface area contributed by atoms with E-state index >= 15 is 0 Å². The molecule has 1 saturated carbocycles. The van der Waals surface area contributed by atoms with Gasteiger partial charge in [0.25, 0.3) is 0 Å². The van der Waals surface area contributed by atoms with Crippen LogP contribution in [0.2, 0.25) is 0 Å². The minimum absolute atomic E-state index is 0.00632. The van der Waals surface area contributed by atoms with E-state index in [1.165, 1.54) is 38.5 Å². The van der Waals surface area contributed by atoms with Crippen LogP contribution in [0.4, 0.5) is 9.59 Å². The molecule has 1 aliphatic heterocycles. The number of hydrogen-bond donors (Lipinski definition) is 4. The molecule has 0 spiro atoms. The van der Waals surface area contributed by atoms with Crippen LogP contribution in [0.25, 0.3) is 0 Å². The van der Waals surface area contributed by atoms with Crippen molar-refractivity contribution in [3.05, 3.63) is 120 Å². The maximum atomic E-state index is 14.9. The Labute approximate surface area is 434 Å². The van der Waals surface area contributed by atoms with Crippen molar-refractivity contribution < 1.29 is 53.4 Å². The van der Waals surface area contributed by atoms with Crippen LogP contribution in [0.5, 0.6) is 11.5 Å². The highest BCUT2D eigenvalue weighted by Gasteiger charge is 2.65. The first-order valence-electron chi connectivity index (χ1n) is 27.2. The predicted molar refractivity (Wildman–Crippen MR) is 283 cm³/mol. The van der Waals surface area contributed by atoms with Crippen LogP contribution in [-0.2, 0) is 32.2 Å². The molecule has 2 aliphatic carbocycles. The fraction of sp³-hybridized carbons (Fsp3) is 0.576. The average molecular weight is 1010 g/mol. The summed E-state index contributed by atoms with van der Waals surface area (Å²) in [6.45, 7) is 7.35. The van der Waals surface area contributed by atoms with Gasteiger partial charge in [-0.25, -0.2) is 9.59 Å². The quantitative estimate of drug-likeness (QED) is 0.0254. The number of hydrogen-bond acceptors (Lipinski definition) is 12. The number of rotatable bonds is 34. The normalized spacial score (nSPS) is 21.3. The highest BCUT2D eigenvalue weighted by Crippen LogP contribution is 2.62. The summed E-state index contributed by atoms with van der Waals surface area (Å²) >= 11 is 0. The highest BCUT2D eigenvalue weighted by molar-refractivity contribution is 6.03. The van der Waals surface area contributed by atoms with Gasteiger partial charge in [0.15, 0.2) is 0 Å². The van der Waals surface area contributed by atoms with Gasteiger partial charge >= 0.3 is 12.2 Å². The lowest BCUT2D eigenvalue weighted by Gasteiger charge is -2.59. The van der Waals surface area contributed by atoms with E-state index < -0.39 is 29.9 Å². The summed E-state index contributed by atoms with van der Waals surface area (Å²) in [5.41, 5.74) is 4.20. The zero-order valence-electron chi connectivity index (χ0n) is 43.3. The summed E-state index contributed by atoms with van der Waals surface area (Å²) in [6.07, 6.45) is 18.7. The maximum Gasteiger partial charge on any atom is 0.412 e. The second-order valence-corrected chi connectivity index (χ2v) is 19.6. The van der Waals surface area contributed by atoms with E-state index in [1.807, 2.05) is 72.8 Å². The molecule has 3 aliphatic rings. The summed E-state index contributed by atoms with van der Waals surface area (Å²) in [5.74, 6) is -1.68. The van der Waals surface area contributed by atoms with Gasteiger partial charge in [0.1, 0.15) is 24.1 Å². The van der Waals surface area contributed by atoms with Crippen molar-refractivity contribution in [2.45, 2.75) is 147 Å². The minimum Gasteiger partial charge on any atom is -0.459 e. The van der Waals surface area contributed by atoms with Crippen molar-refractivity contribution in [3.8, 4) is 11.5 Å². The third-order valence-electron chi connectivity index (χ3n) is 14.4. The van der Waals surface area contributed by atoms with E-state index in [4.69, 9.17) is 33.7 Å². The summed E-state index contributed by atoms with van der Waals surface area (Å²) in [4.78, 5) is 36.2. The first kappa shape index (κ1) is 57.0. The number of aliphatic hydroxyl groups is 3. The van der Waals surface area contributed by atoms with Gasteiger partial charge in [-0.05, 0) is 78.8 Å². The molecule has 6 rings (SSSR count). The zero-order valence-corrected chi connectivity index (χ0v) is 43.3. The number of nitrogens with one attached hydrogen (secondary N) is 1. The number of ether oxygens (including phenoxy) is 5. The molecule has 73 heavy (non-hydrogen) atoms. The second-order valence-electron chi connectivity index (χ2n) is 19.6. The first-order chi connectivity index (χ1) is 35.9. The Morgan fingerprint density at radius 3 is 2.18 bits per heavy atom. The van der Waals surface area contributed by atoms with Crippen LogP contribution >= 0.6 is 0 Å². The largest absolute Gasteiger partial charge is 0.459 e. The second kappa shape index (κ2) is 31.5. The first-order valence-corrected chi connectivity index (χ1v) is 27.2. The van der Waals surface area contributed by atoms with Crippen molar-refractivity contribution in [3.63, 3.8) is 0 Å². The van der Waals surface area contributed by atoms with Crippen molar-refractivity contribution in [2.24, 2.45) is 22.9 Å². The molecular weight excluding hydrogens is 927 g/mol. The van der Waals surface area contributed by atoms with Gasteiger partial charge in [0.2, 0.25) is 5.79 Å². The number of aliphatic hydroxyl groups excluding tert-OH is 3. The van der Waals surface area contributed by atoms with Gasteiger partial charge < -0.3 is 49.2 Å². The Morgan fingerprint density at radius 1 is 0.808 bits per heavy atom. The lowest BCUT2D eigenvalue weighted by Crippen LogP contribution is -2.70. The van der Waals surface area contributed by atoms with E-state index in [0.717, 1.165) is 73.6 Å². The molecular formula is C59H83N3O11. The van der Waals surface area contributed by atoms with Gasteiger partial charge in [-0.2, -0.15) is 0 Å². The van der Waals surface area contributed by atoms with E-state index in [2.05, 4.69) is 24.9 Å². The molecule has 0 bridgehead atoms. The molecule has 4 N–H and O–H groups in total. The van der Waals surface area contributed by atoms with Gasteiger partial charge in [0.05, 0.1) is 44.7 Å². The van der Waals surface area contributed by atoms with Crippen molar-refractivity contribution >= 4 is 17.9 Å². The Balaban J connectivity index is 1.43. The summed E-state index contributed by atoms with van der Waals surface area (Å²) < 4.78 is 32.5. The molecule has 0 saturated heterocycles. The van der Waals surface area contributed by atoms with Crippen LogP contribution in [0.3, 0.4) is 0 Å². The fourth-order valence-corrected chi connectivity index (χ4v) is 10.9. The smallest absolute Gasteiger partial charge is 0.412 e. The molecule has 3 aromatic rings. The van der Waals surface area contributed by atoms with E-state index in [0.29, 0.717) is 30.1 Å². The van der Waals surface area contributed by atoms with Crippen molar-refractivity contribution in [1.82, 2.24) is 10.2 Å².